The summed E-state index contributed by atoms with van der Waals surface area (Å²) >= 11 is 0. The average molecular weight is 593 g/mol. The van der Waals surface area contributed by atoms with Crippen LogP contribution in [0, 0.1) is 24.7 Å². The Morgan fingerprint density at radius 1 is 0.955 bits per heavy atom. The van der Waals surface area contributed by atoms with Gasteiger partial charge in [-0.15, -0.1) is 0 Å². The number of oxazole rings is 1. The molecule has 1 saturated carbocycles. The summed E-state index contributed by atoms with van der Waals surface area (Å²) < 4.78 is 5.50. The monoisotopic (exact) mass is 592 g/mol. The number of hydrogen-bond donors (Lipinski definition) is 1. The standard InChI is InChI=1S/C36H40N4O4/c1-3-24-4-8-26(9-5-24)27-12-14-28(15-13-27)31-19-37-35(38-20-31)29-10-6-25(7-11-29)21-40(22-34(41)42)36(43)30-16-17-33-32(18-30)39-23(2)44-33/h6-7,10-11,14,16-20,24,26-27H,3-5,8-9,12-13,15,21-22H2,1-2H3,(H,41,42)/t24-,26-,27?. The van der Waals surface area contributed by atoms with Crippen LogP contribution < -0.4 is 0 Å². The van der Waals surface area contributed by atoms with Gasteiger partial charge in [0.15, 0.2) is 17.3 Å². The van der Waals surface area contributed by atoms with E-state index in [-0.39, 0.29) is 12.5 Å². The number of carbonyl (C=O) groups excluding carboxylic acids is 1. The van der Waals surface area contributed by atoms with E-state index in [9.17, 15) is 14.7 Å². The summed E-state index contributed by atoms with van der Waals surface area (Å²) in [5.41, 5.74) is 5.63. The molecule has 2 aromatic carbocycles. The molecule has 8 nitrogen and oxygen atoms in total. The highest BCUT2D eigenvalue weighted by atomic mass is 16.4. The summed E-state index contributed by atoms with van der Waals surface area (Å²) in [5.74, 6) is 2.33. The molecule has 0 saturated heterocycles. The summed E-state index contributed by atoms with van der Waals surface area (Å²) in [5, 5.41) is 9.49. The molecule has 0 bridgehead atoms. The molecule has 1 N–H and O–H groups in total. The predicted molar refractivity (Wildman–Crippen MR) is 170 cm³/mol. The van der Waals surface area contributed by atoms with Crippen molar-refractivity contribution in [1.82, 2.24) is 19.9 Å². The largest absolute Gasteiger partial charge is 0.480 e. The molecule has 228 valence electrons. The highest BCUT2D eigenvalue weighted by molar-refractivity contribution is 5.98. The van der Waals surface area contributed by atoms with Crippen LogP contribution in [0.5, 0.6) is 0 Å². The molecule has 2 aliphatic rings. The Kier molecular flexibility index (Phi) is 8.87. The number of carboxylic acids is 1. The van der Waals surface area contributed by atoms with E-state index in [2.05, 4.69) is 28.0 Å². The van der Waals surface area contributed by atoms with Gasteiger partial charge in [0.1, 0.15) is 12.1 Å². The van der Waals surface area contributed by atoms with Gasteiger partial charge in [0.25, 0.3) is 5.91 Å². The Morgan fingerprint density at radius 3 is 2.36 bits per heavy atom. The molecule has 4 aromatic rings. The van der Waals surface area contributed by atoms with Crippen molar-refractivity contribution >= 4 is 28.5 Å². The maximum absolute atomic E-state index is 13.3. The molecule has 44 heavy (non-hydrogen) atoms. The lowest BCUT2D eigenvalue weighted by Crippen LogP contribution is -2.35. The van der Waals surface area contributed by atoms with E-state index in [0.717, 1.165) is 47.3 Å². The molecule has 0 radical (unpaired) electrons. The van der Waals surface area contributed by atoms with Crippen molar-refractivity contribution in [1.29, 1.82) is 0 Å². The van der Waals surface area contributed by atoms with Crippen molar-refractivity contribution < 1.29 is 19.1 Å². The van der Waals surface area contributed by atoms with Crippen LogP contribution in [0.1, 0.15) is 85.7 Å². The van der Waals surface area contributed by atoms with Gasteiger partial charge in [0.2, 0.25) is 0 Å². The van der Waals surface area contributed by atoms with E-state index in [0.29, 0.717) is 28.4 Å². The first kappa shape index (κ1) is 29.7. The third kappa shape index (κ3) is 6.74. The normalized spacial score (nSPS) is 20.3. The van der Waals surface area contributed by atoms with Crippen LogP contribution >= 0.6 is 0 Å². The average Bonchev–Trinajstić information content (AvgIpc) is 3.44. The predicted octanol–water partition coefficient (Wildman–Crippen LogP) is 7.72. The highest BCUT2D eigenvalue weighted by Gasteiger charge is 2.28. The quantitative estimate of drug-likeness (QED) is 0.212. The second kappa shape index (κ2) is 13.1. The molecule has 1 amide bonds. The number of benzene rings is 2. The van der Waals surface area contributed by atoms with Gasteiger partial charge in [-0.2, -0.15) is 0 Å². The van der Waals surface area contributed by atoms with Gasteiger partial charge >= 0.3 is 5.97 Å². The van der Waals surface area contributed by atoms with Crippen LogP contribution in [-0.4, -0.2) is 43.4 Å². The molecular weight excluding hydrogens is 552 g/mol. The van der Waals surface area contributed by atoms with E-state index < -0.39 is 12.5 Å². The molecule has 1 atom stereocenters. The zero-order valence-electron chi connectivity index (χ0n) is 25.5. The first-order chi connectivity index (χ1) is 21.4. The molecule has 2 aliphatic carbocycles. The van der Waals surface area contributed by atoms with Gasteiger partial charge in [0.05, 0.1) is 0 Å². The zero-order valence-corrected chi connectivity index (χ0v) is 25.5. The summed E-state index contributed by atoms with van der Waals surface area (Å²) in [4.78, 5) is 39.8. The van der Waals surface area contributed by atoms with E-state index in [1.54, 1.807) is 25.1 Å². The number of aryl methyl sites for hydroxylation is 1. The number of amides is 1. The van der Waals surface area contributed by atoms with E-state index >= 15 is 0 Å². The van der Waals surface area contributed by atoms with Crippen LogP contribution in [0.3, 0.4) is 0 Å². The van der Waals surface area contributed by atoms with Gasteiger partial charge in [-0.1, -0.05) is 56.5 Å². The second-order valence-corrected chi connectivity index (χ2v) is 12.4. The fourth-order valence-corrected chi connectivity index (χ4v) is 6.96. The number of carboxylic acid groups (broad SMARTS) is 1. The van der Waals surface area contributed by atoms with Gasteiger partial charge in [-0.25, -0.2) is 15.0 Å². The maximum atomic E-state index is 13.3. The number of allylic oxidation sites excluding steroid dienone is 2. The third-order valence-electron chi connectivity index (χ3n) is 9.55. The highest BCUT2D eigenvalue weighted by Crippen LogP contribution is 2.41. The minimum absolute atomic E-state index is 0.149. The van der Waals surface area contributed by atoms with Crippen LogP contribution in [0.15, 0.2) is 65.4 Å². The number of rotatable bonds is 9. The number of carbonyl (C=O) groups is 2. The third-order valence-corrected chi connectivity index (χ3v) is 9.55. The van der Waals surface area contributed by atoms with Crippen molar-refractivity contribution in [2.75, 3.05) is 6.54 Å². The number of hydrogen-bond acceptors (Lipinski definition) is 6. The SMILES string of the molecule is CC[C@H]1CC[C@H](C2CC=C(c3cnc(-c4ccc(CN(CC(=O)O)C(=O)c5ccc6oc(C)nc6c5)cc4)nc3)CC2)CC1. The van der Waals surface area contributed by atoms with E-state index in [1.807, 2.05) is 36.7 Å². The van der Waals surface area contributed by atoms with Crippen LogP contribution in [0.25, 0.3) is 28.1 Å². The first-order valence-electron chi connectivity index (χ1n) is 15.8. The van der Waals surface area contributed by atoms with Crippen molar-refractivity contribution in [2.24, 2.45) is 17.8 Å². The lowest BCUT2D eigenvalue weighted by Gasteiger charge is -2.35. The molecular formula is C36H40N4O4. The molecule has 6 rings (SSSR count). The van der Waals surface area contributed by atoms with Crippen LogP contribution in [0.4, 0.5) is 0 Å². The van der Waals surface area contributed by atoms with Gasteiger partial charge in [-0.05, 0) is 79.2 Å². The first-order valence-corrected chi connectivity index (χ1v) is 15.8. The fraction of sp³-hybridized carbons (Fsp3) is 0.417. The minimum Gasteiger partial charge on any atom is -0.480 e. The molecule has 8 heteroatoms. The van der Waals surface area contributed by atoms with Gasteiger partial charge in [-0.3, -0.25) is 9.59 Å². The number of aliphatic carboxylic acids is 1. The van der Waals surface area contributed by atoms with E-state index in [4.69, 9.17) is 4.42 Å². The molecule has 2 heterocycles. The Labute approximate surface area is 258 Å². The number of aromatic nitrogens is 3. The second-order valence-electron chi connectivity index (χ2n) is 12.4. The fourth-order valence-electron chi connectivity index (χ4n) is 6.96. The molecule has 1 unspecified atom stereocenters. The summed E-state index contributed by atoms with van der Waals surface area (Å²) in [6.45, 7) is 3.80. The van der Waals surface area contributed by atoms with E-state index in [1.165, 1.54) is 49.0 Å². The lowest BCUT2D eigenvalue weighted by molar-refractivity contribution is -0.137. The van der Waals surface area contributed by atoms with Gasteiger partial charge in [0, 0.05) is 42.6 Å². The zero-order chi connectivity index (χ0) is 30.6. The van der Waals surface area contributed by atoms with Crippen molar-refractivity contribution in [3.05, 3.63) is 83.5 Å². The van der Waals surface area contributed by atoms with Crippen molar-refractivity contribution in [3.8, 4) is 11.4 Å². The maximum Gasteiger partial charge on any atom is 0.323 e. The Bertz CT molecular complexity index is 1650. The topological polar surface area (TPSA) is 109 Å². The van der Waals surface area contributed by atoms with Crippen molar-refractivity contribution in [3.63, 3.8) is 0 Å². The van der Waals surface area contributed by atoms with Crippen LogP contribution in [-0.2, 0) is 11.3 Å². The smallest absolute Gasteiger partial charge is 0.323 e. The Balaban J connectivity index is 1.09. The van der Waals surface area contributed by atoms with Gasteiger partial charge < -0.3 is 14.4 Å². The summed E-state index contributed by atoms with van der Waals surface area (Å²) in [6, 6.07) is 12.5. The molecule has 1 fully saturated rings. The minimum atomic E-state index is -1.08. The molecule has 2 aromatic heterocycles. The number of nitrogens with zero attached hydrogens (tertiary/aromatic N) is 4. The molecule has 0 spiro atoms. The van der Waals surface area contributed by atoms with Crippen molar-refractivity contribution in [2.45, 2.75) is 71.8 Å². The number of fused-ring (bicyclic) bond motifs is 1. The lowest BCUT2D eigenvalue weighted by atomic mass is 9.71. The Morgan fingerprint density at radius 2 is 1.70 bits per heavy atom. The van der Waals surface area contributed by atoms with Crippen LogP contribution in [0.2, 0.25) is 0 Å². The molecule has 0 aliphatic heterocycles. The summed E-state index contributed by atoms with van der Waals surface area (Å²) in [7, 11) is 0. The summed E-state index contributed by atoms with van der Waals surface area (Å²) in [6.07, 6.45) is 16.7. The Hall–Kier alpha value is -4.33.